The normalized spacial score (nSPS) is 10.5. The van der Waals surface area contributed by atoms with E-state index in [4.69, 9.17) is 0 Å². The molecule has 0 spiro atoms. The van der Waals surface area contributed by atoms with Crippen LogP contribution in [0.1, 0.15) is 40.9 Å². The molecule has 0 heterocycles. The largest absolute Gasteiger partial charge is 0.350 e. The number of anilines is 1. The van der Waals surface area contributed by atoms with E-state index in [-0.39, 0.29) is 30.2 Å². The van der Waals surface area contributed by atoms with Crippen molar-refractivity contribution in [2.75, 3.05) is 11.9 Å². The second-order valence-electron chi connectivity index (χ2n) is 7.18. The van der Waals surface area contributed by atoms with Crippen LogP contribution >= 0.6 is 0 Å². The first kappa shape index (κ1) is 21.2. The van der Waals surface area contributed by atoms with Crippen LogP contribution in [0, 0.1) is 19.8 Å². The van der Waals surface area contributed by atoms with Gasteiger partial charge in [0, 0.05) is 23.7 Å². The van der Waals surface area contributed by atoms with E-state index in [2.05, 4.69) is 16.0 Å². The van der Waals surface area contributed by atoms with Gasteiger partial charge in [0.2, 0.25) is 11.8 Å². The molecule has 6 heteroatoms. The summed E-state index contributed by atoms with van der Waals surface area (Å²) in [6, 6.07) is 12.8. The molecule has 0 radical (unpaired) electrons. The van der Waals surface area contributed by atoms with E-state index in [0.29, 0.717) is 12.1 Å². The second-order valence-corrected chi connectivity index (χ2v) is 7.18. The van der Waals surface area contributed by atoms with Crippen molar-refractivity contribution in [3.8, 4) is 0 Å². The van der Waals surface area contributed by atoms with Crippen LogP contribution in [-0.4, -0.2) is 24.3 Å². The molecule has 2 aromatic rings. The third kappa shape index (κ3) is 6.54. The van der Waals surface area contributed by atoms with Gasteiger partial charge in [-0.3, -0.25) is 14.4 Å². The minimum absolute atomic E-state index is 0.0411. The Hall–Kier alpha value is -3.15. The summed E-state index contributed by atoms with van der Waals surface area (Å²) < 4.78 is 0. The monoisotopic (exact) mass is 381 g/mol. The molecule has 2 aromatic carbocycles. The fourth-order valence-electron chi connectivity index (χ4n) is 2.62. The lowest BCUT2D eigenvalue weighted by molar-refractivity contribution is -0.120. The third-order valence-electron chi connectivity index (χ3n) is 4.13. The maximum atomic E-state index is 12.2. The van der Waals surface area contributed by atoms with Crippen molar-refractivity contribution in [2.24, 2.45) is 5.92 Å². The first-order chi connectivity index (χ1) is 13.2. The molecule has 0 atom stereocenters. The number of rotatable bonds is 7. The maximum Gasteiger partial charge on any atom is 0.251 e. The van der Waals surface area contributed by atoms with Gasteiger partial charge in [-0.25, -0.2) is 0 Å². The summed E-state index contributed by atoms with van der Waals surface area (Å²) in [6.07, 6.45) is 0. The number of aryl methyl sites for hydroxylation is 2. The number of carbonyl (C=O) groups excluding carboxylic acids is 3. The summed E-state index contributed by atoms with van der Waals surface area (Å²) in [7, 11) is 0. The minimum Gasteiger partial charge on any atom is -0.350 e. The first-order valence-corrected chi connectivity index (χ1v) is 9.27. The summed E-state index contributed by atoms with van der Waals surface area (Å²) >= 11 is 0. The van der Waals surface area contributed by atoms with Crippen molar-refractivity contribution in [1.82, 2.24) is 10.6 Å². The van der Waals surface area contributed by atoms with E-state index < -0.39 is 0 Å². The van der Waals surface area contributed by atoms with E-state index in [1.165, 1.54) is 0 Å². The fourth-order valence-corrected chi connectivity index (χ4v) is 2.62. The lowest BCUT2D eigenvalue weighted by Gasteiger charge is -2.10. The SMILES string of the molecule is Cc1cc(C)cc(C(=O)NCC(=O)NCc2ccc(NC(=O)C(C)C)cc2)c1. The molecule has 0 bridgehead atoms. The van der Waals surface area contributed by atoms with Crippen LogP contribution in [0.15, 0.2) is 42.5 Å². The topological polar surface area (TPSA) is 87.3 Å². The summed E-state index contributed by atoms with van der Waals surface area (Å²) in [5, 5.41) is 8.21. The van der Waals surface area contributed by atoms with Gasteiger partial charge in [-0.2, -0.15) is 0 Å². The van der Waals surface area contributed by atoms with Crippen LogP contribution in [0.5, 0.6) is 0 Å². The Morgan fingerprint density at radius 2 is 1.50 bits per heavy atom. The lowest BCUT2D eigenvalue weighted by Crippen LogP contribution is -2.36. The number of hydrogen-bond acceptors (Lipinski definition) is 3. The van der Waals surface area contributed by atoms with Gasteiger partial charge in [-0.1, -0.05) is 43.2 Å². The average molecular weight is 381 g/mol. The summed E-state index contributed by atoms with van der Waals surface area (Å²) in [5.74, 6) is -0.666. The molecule has 3 amide bonds. The number of benzene rings is 2. The van der Waals surface area contributed by atoms with Crippen LogP contribution in [0.3, 0.4) is 0 Å². The van der Waals surface area contributed by atoms with Gasteiger partial charge in [0.05, 0.1) is 6.54 Å². The van der Waals surface area contributed by atoms with E-state index in [9.17, 15) is 14.4 Å². The molecule has 0 saturated carbocycles. The van der Waals surface area contributed by atoms with Crippen molar-refractivity contribution in [2.45, 2.75) is 34.2 Å². The Kier molecular flexibility index (Phi) is 7.32. The smallest absolute Gasteiger partial charge is 0.251 e. The fraction of sp³-hybridized carbons (Fsp3) is 0.318. The van der Waals surface area contributed by atoms with Gasteiger partial charge in [0.1, 0.15) is 0 Å². The highest BCUT2D eigenvalue weighted by Gasteiger charge is 2.09. The van der Waals surface area contributed by atoms with Gasteiger partial charge < -0.3 is 16.0 Å². The summed E-state index contributed by atoms with van der Waals surface area (Å²) in [4.78, 5) is 35.8. The van der Waals surface area contributed by atoms with Crippen LogP contribution < -0.4 is 16.0 Å². The van der Waals surface area contributed by atoms with Crippen molar-refractivity contribution >= 4 is 23.4 Å². The molecule has 0 aliphatic heterocycles. The quantitative estimate of drug-likeness (QED) is 0.689. The van der Waals surface area contributed by atoms with E-state index in [1.54, 1.807) is 24.3 Å². The molecule has 28 heavy (non-hydrogen) atoms. The minimum atomic E-state index is -0.271. The van der Waals surface area contributed by atoms with Crippen LogP contribution in [0.25, 0.3) is 0 Å². The van der Waals surface area contributed by atoms with Gasteiger partial charge in [0.15, 0.2) is 0 Å². The zero-order valence-electron chi connectivity index (χ0n) is 16.8. The number of amides is 3. The first-order valence-electron chi connectivity index (χ1n) is 9.27. The Labute approximate surface area is 165 Å². The Morgan fingerprint density at radius 1 is 0.893 bits per heavy atom. The molecule has 0 aliphatic carbocycles. The van der Waals surface area contributed by atoms with Crippen molar-refractivity contribution < 1.29 is 14.4 Å². The van der Waals surface area contributed by atoms with Crippen molar-refractivity contribution in [3.05, 3.63) is 64.7 Å². The molecular weight excluding hydrogens is 354 g/mol. The maximum absolute atomic E-state index is 12.2. The van der Waals surface area contributed by atoms with Gasteiger partial charge >= 0.3 is 0 Å². The average Bonchev–Trinajstić information content (AvgIpc) is 2.64. The van der Waals surface area contributed by atoms with E-state index in [0.717, 1.165) is 22.4 Å². The van der Waals surface area contributed by atoms with E-state index in [1.807, 2.05) is 45.9 Å². The van der Waals surface area contributed by atoms with Crippen LogP contribution in [0.2, 0.25) is 0 Å². The highest BCUT2D eigenvalue weighted by Crippen LogP contribution is 2.11. The lowest BCUT2D eigenvalue weighted by atomic mass is 10.1. The van der Waals surface area contributed by atoms with Crippen LogP contribution in [0.4, 0.5) is 5.69 Å². The number of carbonyl (C=O) groups is 3. The van der Waals surface area contributed by atoms with Crippen molar-refractivity contribution in [3.63, 3.8) is 0 Å². The molecule has 0 fully saturated rings. The second kappa shape index (κ2) is 9.69. The van der Waals surface area contributed by atoms with Gasteiger partial charge in [-0.15, -0.1) is 0 Å². The van der Waals surface area contributed by atoms with E-state index >= 15 is 0 Å². The molecular formula is C22H27N3O3. The molecule has 0 unspecified atom stereocenters. The standard InChI is InChI=1S/C22H27N3O3/c1-14(2)21(27)25-19-7-5-17(6-8-19)12-23-20(26)13-24-22(28)18-10-15(3)9-16(4)11-18/h5-11,14H,12-13H2,1-4H3,(H,23,26)(H,24,28)(H,25,27). The molecule has 2 rings (SSSR count). The molecule has 3 N–H and O–H groups in total. The highest BCUT2D eigenvalue weighted by atomic mass is 16.2. The van der Waals surface area contributed by atoms with Gasteiger partial charge in [0.25, 0.3) is 5.91 Å². The molecule has 0 aromatic heterocycles. The Balaban J connectivity index is 1.79. The number of hydrogen-bond donors (Lipinski definition) is 3. The molecule has 6 nitrogen and oxygen atoms in total. The molecule has 0 saturated heterocycles. The summed E-state index contributed by atoms with van der Waals surface area (Å²) in [5.41, 5.74) is 4.17. The predicted octanol–water partition coefficient (Wildman–Crippen LogP) is 2.94. The summed E-state index contributed by atoms with van der Waals surface area (Å²) in [6.45, 7) is 7.77. The Morgan fingerprint density at radius 3 is 2.07 bits per heavy atom. The van der Waals surface area contributed by atoms with Crippen LogP contribution in [-0.2, 0) is 16.1 Å². The zero-order chi connectivity index (χ0) is 20.7. The number of nitrogens with one attached hydrogen (secondary N) is 3. The van der Waals surface area contributed by atoms with Crippen molar-refractivity contribution in [1.29, 1.82) is 0 Å². The Bertz CT molecular complexity index is 838. The molecule has 148 valence electrons. The predicted molar refractivity (Wildman–Crippen MR) is 110 cm³/mol. The highest BCUT2D eigenvalue weighted by molar-refractivity contribution is 5.96. The molecule has 0 aliphatic rings. The zero-order valence-corrected chi connectivity index (χ0v) is 16.8. The van der Waals surface area contributed by atoms with Gasteiger partial charge in [-0.05, 0) is 43.7 Å². The third-order valence-corrected chi connectivity index (χ3v) is 4.13.